The molecule has 6 nitrogen and oxygen atoms in total. The quantitative estimate of drug-likeness (QED) is 0.609. The van der Waals surface area contributed by atoms with Crippen molar-refractivity contribution in [3.8, 4) is 6.07 Å². The van der Waals surface area contributed by atoms with Gasteiger partial charge in [0.15, 0.2) is 5.69 Å². The Hall–Kier alpha value is -1.84. The Morgan fingerprint density at radius 1 is 1.31 bits per heavy atom. The van der Waals surface area contributed by atoms with Gasteiger partial charge < -0.3 is 20.8 Å². The number of aliphatic hydroxyl groups is 2. The van der Waals surface area contributed by atoms with Gasteiger partial charge in [-0.3, -0.25) is 0 Å². The molecule has 1 heterocycles. The summed E-state index contributed by atoms with van der Waals surface area (Å²) in [6.45, 7) is 0.604. The molecule has 0 unspecified atom stereocenters. The van der Waals surface area contributed by atoms with Gasteiger partial charge in [0, 0.05) is 13.1 Å². The standard InChI is InChI=1S/C10H14N4O2/c11-7-9-8(12)1-2-10(13-9)14(3-5-15)4-6-16/h1-2,15-16H,3-6,12H2. The summed E-state index contributed by atoms with van der Waals surface area (Å²) in [5.41, 5.74) is 6.02. The van der Waals surface area contributed by atoms with E-state index in [1.165, 1.54) is 0 Å². The van der Waals surface area contributed by atoms with E-state index in [0.717, 1.165) is 0 Å². The molecule has 0 atom stereocenters. The molecule has 0 amide bonds. The molecule has 0 bridgehead atoms. The minimum absolute atomic E-state index is 0.0477. The summed E-state index contributed by atoms with van der Waals surface area (Å²) < 4.78 is 0. The summed E-state index contributed by atoms with van der Waals surface area (Å²) in [7, 11) is 0. The maximum Gasteiger partial charge on any atom is 0.165 e. The van der Waals surface area contributed by atoms with Gasteiger partial charge in [0.05, 0.1) is 18.9 Å². The Bertz CT molecular complexity index is 383. The van der Waals surface area contributed by atoms with Crippen molar-refractivity contribution in [1.82, 2.24) is 4.98 Å². The first-order valence-corrected chi connectivity index (χ1v) is 4.86. The lowest BCUT2D eigenvalue weighted by Crippen LogP contribution is -2.30. The van der Waals surface area contributed by atoms with Crippen LogP contribution in [-0.2, 0) is 0 Å². The molecule has 4 N–H and O–H groups in total. The molecule has 0 spiro atoms. The van der Waals surface area contributed by atoms with Crippen LogP contribution in [0.1, 0.15) is 5.69 Å². The Morgan fingerprint density at radius 2 is 1.94 bits per heavy atom. The molecular weight excluding hydrogens is 208 g/mol. The number of nitriles is 1. The number of hydrogen-bond acceptors (Lipinski definition) is 6. The second-order valence-electron chi connectivity index (χ2n) is 3.15. The molecular formula is C10H14N4O2. The zero-order valence-corrected chi connectivity index (χ0v) is 8.80. The first-order chi connectivity index (χ1) is 7.72. The SMILES string of the molecule is N#Cc1nc(N(CCO)CCO)ccc1N. The molecule has 0 saturated carbocycles. The molecule has 0 saturated heterocycles. The van der Waals surface area contributed by atoms with Crippen LogP contribution in [0.5, 0.6) is 0 Å². The van der Waals surface area contributed by atoms with Crippen LogP contribution in [0.25, 0.3) is 0 Å². The van der Waals surface area contributed by atoms with E-state index in [9.17, 15) is 0 Å². The van der Waals surface area contributed by atoms with E-state index in [2.05, 4.69) is 4.98 Å². The van der Waals surface area contributed by atoms with Crippen molar-refractivity contribution in [2.45, 2.75) is 0 Å². The summed E-state index contributed by atoms with van der Waals surface area (Å²) in [5.74, 6) is 0.522. The number of nitrogens with two attached hydrogens (primary N) is 1. The summed E-state index contributed by atoms with van der Waals surface area (Å²) in [4.78, 5) is 5.73. The van der Waals surface area contributed by atoms with Crippen LogP contribution in [0.2, 0.25) is 0 Å². The number of pyridine rings is 1. The van der Waals surface area contributed by atoms with Crippen molar-refractivity contribution in [2.24, 2.45) is 0 Å². The highest BCUT2D eigenvalue weighted by Gasteiger charge is 2.09. The van der Waals surface area contributed by atoms with E-state index in [0.29, 0.717) is 24.6 Å². The molecule has 0 fully saturated rings. The van der Waals surface area contributed by atoms with Crippen molar-refractivity contribution in [3.63, 3.8) is 0 Å². The lowest BCUT2D eigenvalue weighted by Gasteiger charge is -2.21. The second-order valence-corrected chi connectivity index (χ2v) is 3.15. The van der Waals surface area contributed by atoms with Crippen LogP contribution in [0.4, 0.5) is 11.5 Å². The fourth-order valence-corrected chi connectivity index (χ4v) is 1.31. The van der Waals surface area contributed by atoms with Crippen LogP contribution in [0.3, 0.4) is 0 Å². The fourth-order valence-electron chi connectivity index (χ4n) is 1.31. The zero-order valence-electron chi connectivity index (χ0n) is 8.80. The fraction of sp³-hybridized carbons (Fsp3) is 0.400. The van der Waals surface area contributed by atoms with Crippen molar-refractivity contribution in [3.05, 3.63) is 17.8 Å². The third kappa shape index (κ3) is 2.82. The predicted octanol–water partition coefficient (Wildman–Crippen LogP) is -0.674. The monoisotopic (exact) mass is 222 g/mol. The number of anilines is 2. The predicted molar refractivity (Wildman–Crippen MR) is 59.7 cm³/mol. The average Bonchev–Trinajstić information content (AvgIpc) is 2.29. The van der Waals surface area contributed by atoms with Crippen molar-refractivity contribution < 1.29 is 10.2 Å². The highest BCUT2D eigenvalue weighted by Crippen LogP contribution is 2.15. The summed E-state index contributed by atoms with van der Waals surface area (Å²) in [5, 5.41) is 26.5. The molecule has 1 aromatic heterocycles. The molecule has 0 aromatic carbocycles. The number of hydrogen-bond donors (Lipinski definition) is 3. The molecule has 6 heteroatoms. The maximum atomic E-state index is 8.86. The minimum Gasteiger partial charge on any atom is -0.396 e. The van der Waals surface area contributed by atoms with Gasteiger partial charge >= 0.3 is 0 Å². The van der Waals surface area contributed by atoms with Gasteiger partial charge in [0.2, 0.25) is 0 Å². The van der Waals surface area contributed by atoms with E-state index in [1.54, 1.807) is 17.0 Å². The van der Waals surface area contributed by atoms with Gasteiger partial charge in [-0.2, -0.15) is 5.26 Å². The molecule has 1 rings (SSSR count). The Kier molecular flexibility index (Phi) is 4.51. The van der Waals surface area contributed by atoms with E-state index in [1.807, 2.05) is 6.07 Å². The molecule has 0 radical (unpaired) electrons. The molecule has 0 aliphatic heterocycles. The highest BCUT2D eigenvalue weighted by molar-refractivity contribution is 5.55. The van der Waals surface area contributed by atoms with Crippen LogP contribution in [0.15, 0.2) is 12.1 Å². The van der Waals surface area contributed by atoms with E-state index < -0.39 is 0 Å². The lowest BCUT2D eigenvalue weighted by atomic mass is 10.3. The number of nitrogen functional groups attached to an aromatic ring is 1. The molecule has 1 aromatic rings. The third-order valence-corrected chi connectivity index (χ3v) is 2.08. The number of aromatic nitrogens is 1. The maximum absolute atomic E-state index is 8.86. The summed E-state index contributed by atoms with van der Waals surface area (Å²) in [6.07, 6.45) is 0. The van der Waals surface area contributed by atoms with E-state index >= 15 is 0 Å². The van der Waals surface area contributed by atoms with Crippen molar-refractivity contribution in [2.75, 3.05) is 36.9 Å². The average molecular weight is 222 g/mol. The zero-order chi connectivity index (χ0) is 12.0. The molecule has 0 aliphatic carbocycles. The van der Waals surface area contributed by atoms with Crippen LogP contribution < -0.4 is 10.6 Å². The van der Waals surface area contributed by atoms with E-state index in [-0.39, 0.29) is 18.9 Å². The van der Waals surface area contributed by atoms with Gasteiger partial charge in [-0.25, -0.2) is 4.98 Å². The van der Waals surface area contributed by atoms with Gasteiger partial charge in [-0.05, 0) is 12.1 Å². The highest BCUT2D eigenvalue weighted by atomic mass is 16.3. The first-order valence-electron chi connectivity index (χ1n) is 4.86. The lowest BCUT2D eigenvalue weighted by molar-refractivity contribution is 0.280. The van der Waals surface area contributed by atoms with Crippen molar-refractivity contribution in [1.29, 1.82) is 5.26 Å². The van der Waals surface area contributed by atoms with Crippen LogP contribution >= 0.6 is 0 Å². The van der Waals surface area contributed by atoms with Crippen molar-refractivity contribution >= 4 is 11.5 Å². The molecule has 86 valence electrons. The smallest absolute Gasteiger partial charge is 0.165 e. The van der Waals surface area contributed by atoms with Crippen LogP contribution in [0, 0.1) is 11.3 Å². The normalized spacial score (nSPS) is 9.81. The van der Waals surface area contributed by atoms with Gasteiger partial charge in [-0.1, -0.05) is 0 Å². The topological polar surface area (TPSA) is 106 Å². The summed E-state index contributed by atoms with van der Waals surface area (Å²) in [6, 6.07) is 5.13. The van der Waals surface area contributed by atoms with Gasteiger partial charge in [0.1, 0.15) is 11.9 Å². The number of nitrogens with zero attached hydrogens (tertiary/aromatic N) is 3. The molecule has 16 heavy (non-hydrogen) atoms. The van der Waals surface area contributed by atoms with Gasteiger partial charge in [0.25, 0.3) is 0 Å². The summed E-state index contributed by atoms with van der Waals surface area (Å²) >= 11 is 0. The third-order valence-electron chi connectivity index (χ3n) is 2.08. The second kappa shape index (κ2) is 5.90. The largest absolute Gasteiger partial charge is 0.396 e. The molecule has 0 aliphatic rings. The first kappa shape index (κ1) is 12.2. The minimum atomic E-state index is -0.0477. The Labute approximate surface area is 93.6 Å². The number of aliphatic hydroxyl groups excluding tert-OH is 2. The Morgan fingerprint density at radius 3 is 2.44 bits per heavy atom. The Balaban J connectivity index is 2.96. The van der Waals surface area contributed by atoms with E-state index in [4.69, 9.17) is 21.2 Å². The van der Waals surface area contributed by atoms with Crippen LogP contribution in [-0.4, -0.2) is 41.5 Å². The van der Waals surface area contributed by atoms with Gasteiger partial charge in [-0.15, -0.1) is 0 Å². The number of rotatable bonds is 5.